The summed E-state index contributed by atoms with van der Waals surface area (Å²) in [4.78, 5) is 40.7. The molecule has 0 aliphatic carbocycles. The third-order valence-corrected chi connectivity index (χ3v) is 3.39. The van der Waals surface area contributed by atoms with Gasteiger partial charge in [-0.05, 0) is 38.1 Å². The van der Waals surface area contributed by atoms with Crippen molar-refractivity contribution in [2.24, 2.45) is 0 Å². The van der Waals surface area contributed by atoms with Gasteiger partial charge in [-0.25, -0.2) is 19.4 Å². The number of halogens is 1. The molecule has 2 aromatic heterocycles. The molecule has 0 fully saturated rings. The van der Waals surface area contributed by atoms with Crippen LogP contribution in [0.4, 0.5) is 0 Å². The monoisotopic (exact) mass is 464 g/mol. The molecule has 0 radical (unpaired) electrons. The predicted octanol–water partition coefficient (Wildman–Crippen LogP) is -1.18. The molecule has 31 heavy (non-hydrogen) atoms. The molecule has 0 aliphatic rings. The zero-order chi connectivity index (χ0) is 21.3. The summed E-state index contributed by atoms with van der Waals surface area (Å²) >= 11 is 0. The van der Waals surface area contributed by atoms with Crippen molar-refractivity contribution >= 4 is 41.0 Å². The number of carbonyl (C=O) groups is 3. The van der Waals surface area contributed by atoms with E-state index >= 15 is 0 Å². The van der Waals surface area contributed by atoms with Crippen LogP contribution < -0.4 is 12.4 Å². The third-order valence-electron chi connectivity index (χ3n) is 3.39. The fourth-order valence-electron chi connectivity index (χ4n) is 1.85. The Labute approximate surface area is 204 Å². The van der Waals surface area contributed by atoms with E-state index in [0.717, 1.165) is 0 Å². The summed E-state index contributed by atoms with van der Waals surface area (Å²) < 4.78 is 13.4. The van der Waals surface area contributed by atoms with Crippen LogP contribution in [-0.4, -0.2) is 77.4 Å². The van der Waals surface area contributed by atoms with Gasteiger partial charge in [0.1, 0.15) is 11.3 Å². The largest absolute Gasteiger partial charge is 2.00 e. The quantitative estimate of drug-likeness (QED) is 0.257. The first-order valence-electron chi connectivity index (χ1n) is 8.04. The summed E-state index contributed by atoms with van der Waals surface area (Å²) in [5.74, 6) is -1.46. The van der Waals surface area contributed by atoms with Crippen LogP contribution in [0.25, 0.3) is 0 Å². The van der Waals surface area contributed by atoms with Gasteiger partial charge in [0.05, 0.1) is 38.2 Å². The van der Waals surface area contributed by atoms with Crippen LogP contribution in [-0.2, 0) is 19.8 Å². The van der Waals surface area contributed by atoms with E-state index in [1.165, 1.54) is 45.9 Å². The molecule has 1 N–H and O–H groups in total. The zero-order valence-corrected chi connectivity index (χ0v) is 20.5. The van der Waals surface area contributed by atoms with Gasteiger partial charge < -0.3 is 39.2 Å². The van der Waals surface area contributed by atoms with E-state index in [1.54, 1.807) is 26.0 Å². The van der Waals surface area contributed by atoms with Crippen molar-refractivity contribution in [1.29, 1.82) is 0 Å². The first kappa shape index (κ1) is 33.4. The smallest absolute Gasteiger partial charge is 1.00 e. The maximum atomic E-state index is 11.0. The van der Waals surface area contributed by atoms with Crippen LogP contribution >= 0.6 is 0 Å². The fourth-order valence-corrected chi connectivity index (χ4v) is 1.85. The van der Waals surface area contributed by atoms with Gasteiger partial charge in [-0.3, -0.25) is 4.98 Å². The Bertz CT molecular complexity index is 788. The molecular weight excluding hydrogens is 440 g/mol. The summed E-state index contributed by atoms with van der Waals surface area (Å²) in [5.41, 5.74) is 0.347. The minimum Gasteiger partial charge on any atom is -1.00 e. The van der Waals surface area contributed by atoms with Crippen LogP contribution in [0, 0.1) is 7.43 Å². The maximum Gasteiger partial charge on any atom is 2.00 e. The number of ether oxygens (including phenoxy) is 3. The number of hydrogen-bond acceptors (Lipinski definition) is 9. The first-order chi connectivity index (χ1) is 13.1. The van der Waals surface area contributed by atoms with Gasteiger partial charge in [0.25, 0.3) is 0 Å². The SMILES string of the molecule is COC(=O)c1ccc(C(=O)OC)nc1.COC(=O)c1ccc(C(C)(C)O)nc1.[CH3-].[Cl-].[Mg+2]. The second kappa shape index (κ2) is 15.5. The second-order valence-corrected chi connectivity index (χ2v) is 5.90. The molecule has 0 amide bonds. The van der Waals surface area contributed by atoms with Gasteiger partial charge in [0.15, 0.2) is 0 Å². The van der Waals surface area contributed by atoms with Gasteiger partial charge in [0, 0.05) is 12.4 Å². The standard InChI is InChI=1S/C10H13NO3.C9H9NO4.CH3.ClH.Mg/c1-10(2,13)8-5-4-7(6-11-8)9(12)14-3;1-13-8(11)6-3-4-7(10-5-6)9(12)14-2;;;/h4-6,13H,1-3H3;3-5H,1-2H3;1H3;1H;/q;;-1;;+2/p-1. The molecular formula is C20H25ClMgN2O7. The molecule has 11 heteroatoms. The average Bonchev–Trinajstić information content (AvgIpc) is 2.72. The van der Waals surface area contributed by atoms with Crippen molar-refractivity contribution < 1.29 is 46.1 Å². The molecule has 0 saturated heterocycles. The van der Waals surface area contributed by atoms with E-state index < -0.39 is 23.5 Å². The molecule has 166 valence electrons. The summed E-state index contributed by atoms with van der Waals surface area (Å²) in [7, 11) is 3.85. The Morgan fingerprint density at radius 2 is 1.23 bits per heavy atom. The Morgan fingerprint density at radius 3 is 1.52 bits per heavy atom. The number of nitrogens with zero attached hydrogens (tertiary/aromatic N) is 2. The summed E-state index contributed by atoms with van der Waals surface area (Å²) in [6.07, 6.45) is 2.65. The van der Waals surface area contributed by atoms with Crippen LogP contribution in [0.5, 0.6) is 0 Å². The van der Waals surface area contributed by atoms with E-state index in [9.17, 15) is 19.5 Å². The Balaban J connectivity index is -0.000000461. The summed E-state index contributed by atoms with van der Waals surface area (Å²) in [6, 6.07) is 6.03. The minimum atomic E-state index is -0.991. The van der Waals surface area contributed by atoms with Crippen molar-refractivity contribution in [2.75, 3.05) is 21.3 Å². The maximum absolute atomic E-state index is 11.0. The summed E-state index contributed by atoms with van der Waals surface area (Å²) in [6.45, 7) is 3.26. The average molecular weight is 465 g/mol. The molecule has 0 saturated carbocycles. The van der Waals surface area contributed by atoms with Crippen LogP contribution in [0.15, 0.2) is 36.7 Å². The molecule has 0 spiro atoms. The molecule has 0 aliphatic heterocycles. The molecule has 2 rings (SSSR count). The Kier molecular flexibility index (Phi) is 16.7. The van der Waals surface area contributed by atoms with Crippen molar-refractivity contribution in [3.8, 4) is 0 Å². The van der Waals surface area contributed by atoms with Gasteiger partial charge in [-0.2, -0.15) is 0 Å². The normalized spacial score (nSPS) is 9.23. The predicted molar refractivity (Wildman–Crippen MR) is 110 cm³/mol. The van der Waals surface area contributed by atoms with E-state index in [-0.39, 0.29) is 48.6 Å². The van der Waals surface area contributed by atoms with Gasteiger partial charge in [0.2, 0.25) is 0 Å². The minimum absolute atomic E-state index is 0. The molecule has 2 heterocycles. The molecule has 0 unspecified atom stereocenters. The number of rotatable bonds is 4. The van der Waals surface area contributed by atoms with Crippen molar-refractivity contribution in [3.63, 3.8) is 0 Å². The van der Waals surface area contributed by atoms with Crippen molar-refractivity contribution in [1.82, 2.24) is 9.97 Å². The van der Waals surface area contributed by atoms with Crippen LogP contribution in [0.1, 0.15) is 50.7 Å². The number of hydrogen-bond donors (Lipinski definition) is 1. The number of aromatic nitrogens is 2. The number of pyridine rings is 2. The fraction of sp³-hybridized carbons (Fsp3) is 0.300. The van der Waals surface area contributed by atoms with E-state index in [4.69, 9.17) is 0 Å². The number of methoxy groups -OCH3 is 3. The Hall–Kier alpha value is -2.27. The van der Waals surface area contributed by atoms with Crippen molar-refractivity contribution in [2.45, 2.75) is 19.4 Å². The van der Waals surface area contributed by atoms with E-state index in [2.05, 4.69) is 24.2 Å². The first-order valence-corrected chi connectivity index (χ1v) is 8.04. The molecule has 0 bridgehead atoms. The van der Waals surface area contributed by atoms with Gasteiger partial charge >= 0.3 is 41.0 Å². The number of esters is 3. The molecule has 0 atom stereocenters. The molecule has 2 aromatic rings. The van der Waals surface area contributed by atoms with Crippen LogP contribution in [0.3, 0.4) is 0 Å². The Morgan fingerprint density at radius 1 is 0.806 bits per heavy atom. The topological polar surface area (TPSA) is 125 Å². The number of aliphatic hydroxyl groups is 1. The number of carbonyl (C=O) groups excluding carboxylic acids is 3. The summed E-state index contributed by atoms with van der Waals surface area (Å²) in [5, 5.41) is 9.60. The molecule has 0 aromatic carbocycles. The van der Waals surface area contributed by atoms with Crippen molar-refractivity contribution in [3.05, 3.63) is 66.6 Å². The zero-order valence-electron chi connectivity index (χ0n) is 18.3. The third kappa shape index (κ3) is 10.5. The van der Waals surface area contributed by atoms with Crippen LogP contribution in [0.2, 0.25) is 0 Å². The van der Waals surface area contributed by atoms with E-state index in [0.29, 0.717) is 16.8 Å². The second-order valence-electron chi connectivity index (χ2n) is 5.90. The van der Waals surface area contributed by atoms with Gasteiger partial charge in [-0.15, -0.1) is 0 Å². The molecule has 9 nitrogen and oxygen atoms in total. The van der Waals surface area contributed by atoms with E-state index in [1.807, 2.05) is 0 Å². The van der Waals surface area contributed by atoms with Gasteiger partial charge in [-0.1, -0.05) is 0 Å².